The normalized spacial score (nSPS) is 8.14. The predicted octanol–water partition coefficient (Wildman–Crippen LogP) is -0.873. The molecule has 0 radical (unpaired) electrons. The first-order valence-corrected chi connectivity index (χ1v) is 4.57. The average Bonchev–Trinajstić information content (AvgIpc) is 2.20. The Bertz CT molecular complexity index is 226. The molecule has 0 aliphatic carbocycles. The zero-order valence-electron chi connectivity index (χ0n) is 8.61. The molecule has 0 saturated heterocycles. The number of benzene rings is 1. The molecule has 0 unspecified atom stereocenters. The summed E-state index contributed by atoms with van der Waals surface area (Å²) in [5.41, 5.74) is 6.73. The maximum absolute atomic E-state index is 6.75. The van der Waals surface area contributed by atoms with Gasteiger partial charge in [0.15, 0.2) is 0 Å². The first kappa shape index (κ1) is 17.2. The van der Waals surface area contributed by atoms with Gasteiger partial charge in [0.25, 0.3) is 0 Å². The van der Waals surface area contributed by atoms with Crippen LogP contribution < -0.4 is 57.1 Å². The quantitative estimate of drug-likeness (QED) is 0.399. The number of nitrogens with two attached hydrogens (primary N) is 1. The van der Waals surface area contributed by atoms with Crippen LogP contribution in [0.4, 0.5) is 0 Å². The van der Waals surface area contributed by atoms with Crippen LogP contribution >= 0.6 is 12.6 Å². The van der Waals surface area contributed by atoms with Crippen molar-refractivity contribution in [1.82, 2.24) is 0 Å². The van der Waals surface area contributed by atoms with Crippen molar-refractivity contribution >= 4 is 19.3 Å². The Labute approximate surface area is 134 Å². The van der Waals surface area contributed by atoms with E-state index in [2.05, 4.69) is 31.5 Å². The van der Waals surface area contributed by atoms with Crippen LogP contribution in [0.5, 0.6) is 0 Å². The predicted molar refractivity (Wildman–Crippen MR) is 61.5 cm³/mol. The van der Waals surface area contributed by atoms with Crippen molar-refractivity contribution in [2.75, 3.05) is 6.54 Å². The van der Waals surface area contributed by atoms with Gasteiger partial charge in [-0.1, -0.05) is 12.1 Å². The molecule has 0 bridgehead atoms. The number of nitrogens with zero attached hydrogens (tertiary/aromatic N) is 1. The molecule has 1 rings (SSSR count). The molecular formula is C10H15KN2S. The second-order valence-electron chi connectivity index (χ2n) is 2.56. The number of thiol groups is 1. The molecule has 72 valence electrons. The van der Waals surface area contributed by atoms with Crippen LogP contribution in [0.3, 0.4) is 0 Å². The summed E-state index contributed by atoms with van der Waals surface area (Å²) in [4.78, 5) is 1.02. The molecule has 0 heterocycles. The minimum absolute atomic E-state index is 0. The zero-order chi connectivity index (χ0) is 10.1. The van der Waals surface area contributed by atoms with Gasteiger partial charge >= 0.3 is 51.4 Å². The second kappa shape index (κ2) is 11.9. The maximum Gasteiger partial charge on any atom is 1.00 e. The van der Waals surface area contributed by atoms with Gasteiger partial charge in [0.05, 0.1) is 0 Å². The second-order valence-corrected chi connectivity index (χ2v) is 3.08. The van der Waals surface area contributed by atoms with Crippen molar-refractivity contribution in [3.05, 3.63) is 35.2 Å². The number of rotatable bonds is 3. The van der Waals surface area contributed by atoms with E-state index in [-0.39, 0.29) is 51.4 Å². The van der Waals surface area contributed by atoms with E-state index in [1.807, 2.05) is 12.1 Å². The molecular weight excluding hydrogens is 219 g/mol. The van der Waals surface area contributed by atoms with E-state index < -0.39 is 0 Å². The molecule has 0 fully saturated rings. The van der Waals surface area contributed by atoms with E-state index >= 15 is 0 Å². The monoisotopic (exact) mass is 234 g/mol. The van der Waals surface area contributed by atoms with Gasteiger partial charge in [0.1, 0.15) is 0 Å². The van der Waals surface area contributed by atoms with Crippen molar-refractivity contribution in [3.63, 3.8) is 0 Å². The fourth-order valence-electron chi connectivity index (χ4n) is 0.969. The van der Waals surface area contributed by atoms with Crippen molar-refractivity contribution in [2.45, 2.75) is 17.7 Å². The molecule has 0 spiro atoms. The first-order chi connectivity index (χ1) is 6.33. The van der Waals surface area contributed by atoms with Gasteiger partial charge in [-0.15, -0.1) is 12.6 Å². The topological polar surface area (TPSA) is 48.3 Å². The van der Waals surface area contributed by atoms with E-state index in [0.717, 1.165) is 24.3 Å². The van der Waals surface area contributed by atoms with Crippen LogP contribution in [0.25, 0.3) is 5.41 Å². The zero-order valence-corrected chi connectivity index (χ0v) is 12.6. The SMILES string of the molecule is C=[N-].NCCCc1ccc(S)cc1.[K+]. The summed E-state index contributed by atoms with van der Waals surface area (Å²) in [6, 6.07) is 8.21. The molecule has 0 aliphatic rings. The summed E-state index contributed by atoms with van der Waals surface area (Å²) in [6.07, 6.45) is 2.14. The fraction of sp³-hybridized carbons (Fsp3) is 0.300. The Balaban J connectivity index is 0. The molecule has 1 aromatic carbocycles. The standard InChI is InChI=1S/C9H13NS.CH2N.K/c10-7-1-2-8-3-5-9(11)6-4-8;1-2;/h3-6,11H,1-2,7,10H2;1H2;/q;-1;+1. The van der Waals surface area contributed by atoms with Gasteiger partial charge < -0.3 is 11.1 Å². The van der Waals surface area contributed by atoms with Gasteiger partial charge in [-0.25, -0.2) is 6.72 Å². The summed E-state index contributed by atoms with van der Waals surface area (Å²) in [6.45, 7) is 3.02. The molecule has 4 heteroatoms. The fourth-order valence-corrected chi connectivity index (χ4v) is 1.12. The minimum Gasteiger partial charge on any atom is -0.817 e. The molecule has 2 nitrogen and oxygen atoms in total. The summed E-state index contributed by atoms with van der Waals surface area (Å²) >= 11 is 4.20. The Kier molecular flexibility index (Phi) is 14.7. The van der Waals surface area contributed by atoms with Crippen LogP contribution in [0, 0.1) is 0 Å². The van der Waals surface area contributed by atoms with Gasteiger partial charge in [-0.05, 0) is 37.1 Å². The minimum atomic E-state index is 0. The van der Waals surface area contributed by atoms with Crippen LogP contribution in [-0.2, 0) is 6.42 Å². The van der Waals surface area contributed by atoms with E-state index in [9.17, 15) is 0 Å². The Morgan fingerprint density at radius 1 is 1.21 bits per heavy atom. The van der Waals surface area contributed by atoms with Gasteiger partial charge in [-0.2, -0.15) is 0 Å². The Morgan fingerprint density at radius 3 is 2.14 bits per heavy atom. The number of aryl methyl sites for hydroxylation is 1. The summed E-state index contributed by atoms with van der Waals surface area (Å²) in [7, 11) is 0. The Hall–Kier alpha value is 0.836. The molecule has 0 saturated carbocycles. The summed E-state index contributed by atoms with van der Waals surface area (Å²) in [5, 5.41) is 6.75. The van der Waals surface area contributed by atoms with E-state index in [4.69, 9.17) is 11.1 Å². The third-order valence-corrected chi connectivity index (χ3v) is 1.90. The molecule has 2 N–H and O–H groups in total. The van der Waals surface area contributed by atoms with E-state index in [1.165, 1.54) is 5.56 Å². The van der Waals surface area contributed by atoms with Gasteiger partial charge in [0.2, 0.25) is 0 Å². The molecule has 14 heavy (non-hydrogen) atoms. The van der Waals surface area contributed by atoms with Crippen LogP contribution in [0.1, 0.15) is 12.0 Å². The average molecular weight is 234 g/mol. The molecule has 1 aromatic rings. The third kappa shape index (κ3) is 8.17. The molecule has 0 aromatic heterocycles. The molecule has 0 atom stereocenters. The smallest absolute Gasteiger partial charge is 0.817 e. The third-order valence-electron chi connectivity index (χ3n) is 1.61. The van der Waals surface area contributed by atoms with Crippen LogP contribution in [0.15, 0.2) is 29.2 Å². The van der Waals surface area contributed by atoms with Crippen molar-refractivity contribution in [3.8, 4) is 0 Å². The Morgan fingerprint density at radius 2 is 1.71 bits per heavy atom. The largest absolute Gasteiger partial charge is 1.00 e. The van der Waals surface area contributed by atoms with E-state index in [1.54, 1.807) is 0 Å². The summed E-state index contributed by atoms with van der Waals surface area (Å²) in [5.74, 6) is 0. The van der Waals surface area contributed by atoms with E-state index in [0.29, 0.717) is 0 Å². The van der Waals surface area contributed by atoms with Crippen LogP contribution in [-0.4, -0.2) is 13.3 Å². The van der Waals surface area contributed by atoms with Crippen LogP contribution in [0.2, 0.25) is 0 Å². The first-order valence-electron chi connectivity index (χ1n) is 4.12. The maximum atomic E-state index is 6.75. The van der Waals surface area contributed by atoms with Gasteiger partial charge in [0, 0.05) is 4.90 Å². The van der Waals surface area contributed by atoms with Crippen molar-refractivity contribution in [2.24, 2.45) is 5.73 Å². The number of hydrogen-bond donors (Lipinski definition) is 2. The van der Waals surface area contributed by atoms with Gasteiger partial charge in [-0.3, -0.25) is 0 Å². The molecule has 0 aliphatic heterocycles. The number of hydrogen-bond acceptors (Lipinski definition) is 2. The van der Waals surface area contributed by atoms with Crippen molar-refractivity contribution in [1.29, 1.82) is 0 Å². The van der Waals surface area contributed by atoms with Crippen molar-refractivity contribution < 1.29 is 51.4 Å². The summed E-state index contributed by atoms with van der Waals surface area (Å²) < 4.78 is 0. The molecule has 0 amide bonds.